The van der Waals surface area contributed by atoms with E-state index in [-0.39, 0.29) is 23.2 Å². The zero-order valence-electron chi connectivity index (χ0n) is 16.2. The third kappa shape index (κ3) is 3.19. The second-order valence-corrected chi connectivity index (χ2v) is 7.89. The van der Waals surface area contributed by atoms with Crippen LogP contribution >= 0.6 is 23.2 Å². The Kier molecular flexibility index (Phi) is 4.85. The topological polar surface area (TPSA) is 116 Å². The van der Waals surface area contributed by atoms with Crippen LogP contribution in [0.3, 0.4) is 0 Å². The van der Waals surface area contributed by atoms with Crippen molar-refractivity contribution in [1.29, 1.82) is 5.26 Å². The van der Waals surface area contributed by atoms with E-state index in [1.54, 1.807) is 36.5 Å². The lowest BCUT2D eigenvalue weighted by atomic mass is 9.82. The standard InChI is InChI=1S/C22H13Cl2FN6O/c23-15-6-3-11(7-16(15)24)20-18-17(13(8-26)21(27)32-22(18)31-30-20)14-9-28-29-19(14)10-1-4-12(25)5-2-10/h1-7,9,17H,27H2,(H,28,29)(H,30,31)/t17-/m1/s1. The number of fused-ring (bicyclic) bond motifs is 1. The first-order valence-corrected chi connectivity index (χ1v) is 10.1. The third-order valence-electron chi connectivity index (χ3n) is 5.26. The zero-order chi connectivity index (χ0) is 22.4. The van der Waals surface area contributed by atoms with E-state index in [1.807, 2.05) is 0 Å². The maximum Gasteiger partial charge on any atom is 0.244 e. The van der Waals surface area contributed by atoms with Gasteiger partial charge in [-0.05, 0) is 36.4 Å². The number of halogens is 3. The monoisotopic (exact) mass is 466 g/mol. The molecule has 0 bridgehead atoms. The molecule has 0 saturated heterocycles. The molecular formula is C22H13Cl2FN6O. The average Bonchev–Trinajstić information content (AvgIpc) is 3.42. The van der Waals surface area contributed by atoms with E-state index in [0.29, 0.717) is 43.7 Å². The normalized spacial score (nSPS) is 15.2. The zero-order valence-corrected chi connectivity index (χ0v) is 17.7. The van der Waals surface area contributed by atoms with E-state index in [1.165, 1.54) is 12.1 Å². The molecule has 0 radical (unpaired) electrons. The van der Waals surface area contributed by atoms with E-state index >= 15 is 0 Å². The maximum atomic E-state index is 13.5. The predicted octanol–water partition coefficient (Wildman–Crippen LogP) is 5.13. The highest BCUT2D eigenvalue weighted by atomic mass is 35.5. The van der Waals surface area contributed by atoms with Crippen LogP contribution in [0.15, 0.2) is 60.1 Å². The third-order valence-corrected chi connectivity index (χ3v) is 6.00. The number of H-pyrrole nitrogens is 2. The fraction of sp³-hybridized carbons (Fsp3) is 0.0455. The number of nitrogens with two attached hydrogens (primary N) is 1. The number of nitriles is 1. The lowest BCUT2D eigenvalue weighted by molar-refractivity contribution is 0.379. The summed E-state index contributed by atoms with van der Waals surface area (Å²) in [6, 6.07) is 13.2. The first kappa shape index (κ1) is 20.1. The summed E-state index contributed by atoms with van der Waals surface area (Å²) in [5, 5.41) is 25.0. The Morgan fingerprint density at radius 1 is 1.03 bits per heavy atom. The molecule has 0 amide bonds. The van der Waals surface area contributed by atoms with E-state index in [4.69, 9.17) is 33.7 Å². The van der Waals surface area contributed by atoms with Crippen molar-refractivity contribution in [3.63, 3.8) is 0 Å². The molecule has 158 valence electrons. The minimum Gasteiger partial charge on any atom is -0.420 e. The summed E-state index contributed by atoms with van der Waals surface area (Å²) in [6.07, 6.45) is 1.61. The van der Waals surface area contributed by atoms with Crippen LogP contribution in [0.25, 0.3) is 22.5 Å². The van der Waals surface area contributed by atoms with Crippen molar-refractivity contribution < 1.29 is 9.13 Å². The van der Waals surface area contributed by atoms with Gasteiger partial charge in [0.15, 0.2) is 0 Å². The largest absolute Gasteiger partial charge is 0.420 e. The van der Waals surface area contributed by atoms with Gasteiger partial charge >= 0.3 is 0 Å². The lowest BCUT2D eigenvalue weighted by Gasteiger charge is -2.24. The number of nitrogens with zero attached hydrogens (tertiary/aromatic N) is 3. The summed E-state index contributed by atoms with van der Waals surface area (Å²) in [4.78, 5) is 0. The first-order chi connectivity index (χ1) is 15.5. The molecule has 10 heteroatoms. The number of nitrogens with one attached hydrogen (secondary N) is 2. The van der Waals surface area contributed by atoms with Gasteiger partial charge in [0.2, 0.25) is 11.8 Å². The number of benzene rings is 2. The van der Waals surface area contributed by atoms with Gasteiger partial charge in [0, 0.05) is 16.7 Å². The number of hydrogen-bond donors (Lipinski definition) is 3. The number of ether oxygens (including phenoxy) is 1. The summed E-state index contributed by atoms with van der Waals surface area (Å²) in [5.74, 6) is -0.824. The average molecular weight is 467 g/mol. The maximum absolute atomic E-state index is 13.5. The van der Waals surface area contributed by atoms with Crippen molar-refractivity contribution in [1.82, 2.24) is 20.4 Å². The van der Waals surface area contributed by atoms with Gasteiger partial charge in [0.25, 0.3) is 0 Å². The minimum atomic E-state index is -0.647. The van der Waals surface area contributed by atoms with Crippen LogP contribution in [0, 0.1) is 17.1 Å². The Balaban J connectivity index is 1.73. The Morgan fingerprint density at radius 2 is 1.78 bits per heavy atom. The molecule has 32 heavy (non-hydrogen) atoms. The summed E-state index contributed by atoms with van der Waals surface area (Å²) in [7, 11) is 0. The quantitative estimate of drug-likeness (QED) is 0.386. The molecule has 0 saturated carbocycles. The fourth-order valence-electron chi connectivity index (χ4n) is 3.79. The summed E-state index contributed by atoms with van der Waals surface area (Å²) < 4.78 is 19.1. The Bertz CT molecular complexity index is 1420. The van der Waals surface area contributed by atoms with Gasteiger partial charge in [-0.15, -0.1) is 5.10 Å². The van der Waals surface area contributed by atoms with Gasteiger partial charge in [-0.1, -0.05) is 29.3 Å². The molecule has 0 unspecified atom stereocenters. The number of aromatic nitrogens is 4. The smallest absolute Gasteiger partial charge is 0.244 e. The Morgan fingerprint density at radius 3 is 2.50 bits per heavy atom. The van der Waals surface area contributed by atoms with Gasteiger partial charge in [-0.3, -0.25) is 10.2 Å². The molecule has 0 spiro atoms. The molecule has 3 heterocycles. The number of hydrogen-bond acceptors (Lipinski definition) is 5. The molecule has 4 aromatic rings. The van der Waals surface area contributed by atoms with Crippen molar-refractivity contribution in [2.45, 2.75) is 5.92 Å². The number of aromatic amines is 2. The Labute approximate surface area is 191 Å². The molecule has 1 aliphatic rings. The Hall–Kier alpha value is -3.80. The molecule has 4 N–H and O–H groups in total. The summed E-state index contributed by atoms with van der Waals surface area (Å²) >= 11 is 12.3. The van der Waals surface area contributed by atoms with Crippen molar-refractivity contribution in [3.8, 4) is 34.5 Å². The van der Waals surface area contributed by atoms with E-state index in [9.17, 15) is 9.65 Å². The SMILES string of the molecule is N#CC1=C(N)Oc2n[nH]c(-c3ccc(Cl)c(Cl)c3)c2[C@H]1c1cn[nH]c1-c1ccc(F)cc1. The molecule has 0 fully saturated rings. The summed E-state index contributed by atoms with van der Waals surface area (Å²) in [5.41, 5.74) is 10.1. The molecule has 2 aromatic carbocycles. The lowest BCUT2D eigenvalue weighted by Crippen LogP contribution is -2.21. The highest BCUT2D eigenvalue weighted by molar-refractivity contribution is 6.42. The highest BCUT2D eigenvalue weighted by Crippen LogP contribution is 2.47. The van der Waals surface area contributed by atoms with Crippen molar-refractivity contribution >= 4 is 23.2 Å². The molecule has 0 aliphatic carbocycles. The van der Waals surface area contributed by atoms with Crippen LogP contribution in [0.1, 0.15) is 17.0 Å². The second-order valence-electron chi connectivity index (χ2n) is 7.08. The molecule has 5 rings (SSSR count). The van der Waals surface area contributed by atoms with Crippen molar-refractivity contribution in [3.05, 3.63) is 87.1 Å². The minimum absolute atomic E-state index is 0.0524. The molecule has 7 nitrogen and oxygen atoms in total. The number of allylic oxidation sites excluding steroid dienone is 1. The van der Waals surface area contributed by atoms with Crippen molar-refractivity contribution in [2.24, 2.45) is 5.73 Å². The summed E-state index contributed by atoms with van der Waals surface area (Å²) in [6.45, 7) is 0. The van der Waals surface area contributed by atoms with E-state index in [2.05, 4.69) is 26.5 Å². The van der Waals surface area contributed by atoms with Crippen LogP contribution in [0.4, 0.5) is 4.39 Å². The van der Waals surface area contributed by atoms with E-state index in [0.717, 1.165) is 0 Å². The fourth-order valence-corrected chi connectivity index (χ4v) is 4.09. The molecule has 1 atom stereocenters. The van der Waals surface area contributed by atoms with Crippen LogP contribution in [-0.4, -0.2) is 20.4 Å². The van der Waals surface area contributed by atoms with Crippen LogP contribution in [0.5, 0.6) is 5.88 Å². The van der Waals surface area contributed by atoms with E-state index < -0.39 is 5.92 Å². The molecule has 2 aromatic heterocycles. The van der Waals surface area contributed by atoms with Gasteiger partial charge in [0.1, 0.15) is 17.5 Å². The second kappa shape index (κ2) is 7.71. The van der Waals surface area contributed by atoms with Gasteiger partial charge in [-0.2, -0.15) is 10.4 Å². The first-order valence-electron chi connectivity index (χ1n) is 9.38. The van der Waals surface area contributed by atoms with Gasteiger partial charge < -0.3 is 10.5 Å². The predicted molar refractivity (Wildman–Crippen MR) is 117 cm³/mol. The highest BCUT2D eigenvalue weighted by Gasteiger charge is 2.37. The van der Waals surface area contributed by atoms with Crippen LogP contribution < -0.4 is 10.5 Å². The molecule has 1 aliphatic heterocycles. The molecular weight excluding hydrogens is 454 g/mol. The van der Waals surface area contributed by atoms with Gasteiger partial charge in [-0.25, -0.2) is 4.39 Å². The van der Waals surface area contributed by atoms with Gasteiger partial charge in [0.05, 0.1) is 39.1 Å². The van der Waals surface area contributed by atoms with Crippen LogP contribution in [-0.2, 0) is 0 Å². The number of rotatable bonds is 3. The van der Waals surface area contributed by atoms with Crippen LogP contribution in [0.2, 0.25) is 10.0 Å². The van der Waals surface area contributed by atoms with Crippen molar-refractivity contribution in [2.75, 3.05) is 0 Å².